The Balaban J connectivity index is 1.54. The Morgan fingerprint density at radius 2 is 1.87 bits per heavy atom. The summed E-state index contributed by atoms with van der Waals surface area (Å²) in [7, 11) is 0. The molecular weight excluding hydrogens is 331 g/mol. The van der Waals surface area contributed by atoms with Gasteiger partial charge in [-0.3, -0.25) is 4.79 Å². The number of aromatic nitrogens is 1. The van der Waals surface area contributed by atoms with Crippen LogP contribution >= 0.6 is 23.1 Å². The molecule has 0 radical (unpaired) electrons. The summed E-state index contributed by atoms with van der Waals surface area (Å²) in [5, 5.41) is 5.73. The molecule has 0 spiro atoms. The Bertz CT molecular complexity index is 771. The average Bonchev–Trinajstić information content (AvgIpc) is 3.09. The molecule has 116 valence electrons. The molecule has 0 aliphatic rings. The fourth-order valence-electron chi connectivity index (χ4n) is 1.94. The lowest BCUT2D eigenvalue weighted by atomic mass is 10.2. The maximum absolute atomic E-state index is 12.8. The van der Waals surface area contributed by atoms with Crippen LogP contribution in [0.25, 0.3) is 10.6 Å². The van der Waals surface area contributed by atoms with Gasteiger partial charge in [-0.05, 0) is 48.5 Å². The lowest BCUT2D eigenvalue weighted by Crippen LogP contribution is -2.13. The molecule has 1 heterocycles. The number of rotatable bonds is 5. The van der Waals surface area contributed by atoms with Gasteiger partial charge in [0.2, 0.25) is 5.91 Å². The molecule has 0 saturated heterocycles. The largest absolute Gasteiger partial charge is 0.325 e. The van der Waals surface area contributed by atoms with Crippen LogP contribution in [0.15, 0.2) is 65.0 Å². The number of hydrogen-bond acceptors (Lipinski definition) is 4. The average molecular weight is 344 g/mol. The maximum atomic E-state index is 12.8. The van der Waals surface area contributed by atoms with Crippen molar-refractivity contribution in [2.45, 2.75) is 4.90 Å². The Kier molecular flexibility index (Phi) is 5.05. The number of halogens is 1. The smallest absolute Gasteiger partial charge is 0.234 e. The molecule has 2 aromatic carbocycles. The molecule has 3 aromatic rings. The molecule has 3 nitrogen and oxygen atoms in total. The highest BCUT2D eigenvalue weighted by Crippen LogP contribution is 2.23. The van der Waals surface area contributed by atoms with E-state index in [1.165, 1.54) is 23.9 Å². The number of nitrogens with one attached hydrogen (secondary N) is 1. The van der Waals surface area contributed by atoms with Crippen LogP contribution < -0.4 is 5.32 Å². The standard InChI is InChI=1S/C17H13FN2OS2/c18-13-3-7-15(8-4-13)23-11-16(21)20-14-5-1-12(2-6-14)17-19-9-10-22-17/h1-10H,11H2,(H,20,21). The summed E-state index contributed by atoms with van der Waals surface area (Å²) in [5.74, 6) is -0.0969. The van der Waals surface area contributed by atoms with Crippen molar-refractivity contribution < 1.29 is 9.18 Å². The van der Waals surface area contributed by atoms with E-state index in [9.17, 15) is 9.18 Å². The van der Waals surface area contributed by atoms with Crippen molar-refractivity contribution >= 4 is 34.7 Å². The van der Waals surface area contributed by atoms with Crippen LogP contribution in [-0.2, 0) is 4.79 Å². The first-order chi connectivity index (χ1) is 11.2. The predicted molar refractivity (Wildman–Crippen MR) is 93.3 cm³/mol. The predicted octanol–water partition coefficient (Wildman–Crippen LogP) is 4.68. The van der Waals surface area contributed by atoms with Gasteiger partial charge in [-0.25, -0.2) is 9.37 Å². The van der Waals surface area contributed by atoms with Gasteiger partial charge in [0.25, 0.3) is 0 Å². The fraction of sp³-hybridized carbons (Fsp3) is 0.0588. The van der Waals surface area contributed by atoms with E-state index in [4.69, 9.17) is 0 Å². The summed E-state index contributed by atoms with van der Waals surface area (Å²) in [6, 6.07) is 13.7. The number of carbonyl (C=O) groups is 1. The Hall–Kier alpha value is -2.18. The highest BCUT2D eigenvalue weighted by molar-refractivity contribution is 8.00. The third-order valence-electron chi connectivity index (χ3n) is 3.03. The third-order valence-corrected chi connectivity index (χ3v) is 4.87. The number of nitrogens with zero attached hydrogens (tertiary/aromatic N) is 1. The molecular formula is C17H13FN2OS2. The Morgan fingerprint density at radius 3 is 2.52 bits per heavy atom. The number of thioether (sulfide) groups is 1. The summed E-state index contributed by atoms with van der Waals surface area (Å²) >= 11 is 2.94. The van der Waals surface area contributed by atoms with Crippen LogP contribution in [0.3, 0.4) is 0 Å². The fourth-order valence-corrected chi connectivity index (χ4v) is 3.28. The second-order valence-corrected chi connectivity index (χ2v) is 6.65. The summed E-state index contributed by atoms with van der Waals surface area (Å²) < 4.78 is 12.8. The van der Waals surface area contributed by atoms with E-state index in [0.29, 0.717) is 0 Å². The number of thiazole rings is 1. The van der Waals surface area contributed by atoms with E-state index in [1.807, 2.05) is 29.6 Å². The molecule has 1 aromatic heterocycles. The van der Waals surface area contributed by atoms with Crippen molar-refractivity contribution in [3.63, 3.8) is 0 Å². The minimum Gasteiger partial charge on any atom is -0.325 e. The number of carbonyl (C=O) groups excluding carboxylic acids is 1. The maximum Gasteiger partial charge on any atom is 0.234 e. The quantitative estimate of drug-likeness (QED) is 0.683. The molecule has 0 unspecified atom stereocenters. The molecule has 0 bridgehead atoms. The summed E-state index contributed by atoms with van der Waals surface area (Å²) in [6.07, 6.45) is 1.77. The number of amides is 1. The molecule has 1 N–H and O–H groups in total. The molecule has 6 heteroatoms. The summed E-state index contributed by atoms with van der Waals surface area (Å²) in [4.78, 5) is 17.1. The summed E-state index contributed by atoms with van der Waals surface area (Å²) in [5.41, 5.74) is 1.77. The monoisotopic (exact) mass is 344 g/mol. The van der Waals surface area contributed by atoms with Crippen LogP contribution in [-0.4, -0.2) is 16.6 Å². The van der Waals surface area contributed by atoms with E-state index < -0.39 is 0 Å². The van der Waals surface area contributed by atoms with Crippen molar-refractivity contribution in [1.82, 2.24) is 4.98 Å². The molecule has 0 fully saturated rings. The molecule has 0 aliphatic carbocycles. The minimum absolute atomic E-state index is 0.0960. The SMILES string of the molecule is O=C(CSc1ccc(F)cc1)Nc1ccc(-c2nccs2)cc1. The molecule has 0 saturated carbocycles. The lowest BCUT2D eigenvalue weighted by molar-refractivity contribution is -0.113. The van der Waals surface area contributed by atoms with E-state index in [2.05, 4.69) is 10.3 Å². The highest BCUT2D eigenvalue weighted by Gasteiger charge is 2.05. The van der Waals surface area contributed by atoms with E-state index >= 15 is 0 Å². The van der Waals surface area contributed by atoms with Gasteiger partial charge >= 0.3 is 0 Å². The van der Waals surface area contributed by atoms with E-state index in [-0.39, 0.29) is 17.5 Å². The Labute approximate surface area is 141 Å². The van der Waals surface area contributed by atoms with Gasteiger partial charge in [0.15, 0.2) is 0 Å². The third kappa shape index (κ3) is 4.40. The Morgan fingerprint density at radius 1 is 1.13 bits per heavy atom. The first-order valence-corrected chi connectivity index (χ1v) is 8.75. The van der Waals surface area contributed by atoms with Gasteiger partial charge in [0, 0.05) is 27.7 Å². The van der Waals surface area contributed by atoms with Gasteiger partial charge in [-0.2, -0.15) is 0 Å². The highest BCUT2D eigenvalue weighted by atomic mass is 32.2. The van der Waals surface area contributed by atoms with E-state index in [0.717, 1.165) is 21.2 Å². The van der Waals surface area contributed by atoms with Crippen LogP contribution in [0, 0.1) is 5.82 Å². The van der Waals surface area contributed by atoms with E-state index in [1.54, 1.807) is 29.7 Å². The van der Waals surface area contributed by atoms with Gasteiger partial charge in [-0.15, -0.1) is 23.1 Å². The zero-order valence-corrected chi connectivity index (χ0v) is 13.7. The number of anilines is 1. The molecule has 0 aliphatic heterocycles. The topological polar surface area (TPSA) is 42.0 Å². The molecule has 3 rings (SSSR count). The lowest BCUT2D eigenvalue weighted by Gasteiger charge is -2.06. The van der Waals surface area contributed by atoms with Crippen LogP contribution in [0.4, 0.5) is 10.1 Å². The molecule has 23 heavy (non-hydrogen) atoms. The number of benzene rings is 2. The van der Waals surface area contributed by atoms with Crippen molar-refractivity contribution in [3.05, 3.63) is 65.9 Å². The second-order valence-electron chi connectivity index (χ2n) is 4.71. The zero-order valence-electron chi connectivity index (χ0n) is 12.0. The van der Waals surface area contributed by atoms with Crippen molar-refractivity contribution in [2.24, 2.45) is 0 Å². The van der Waals surface area contributed by atoms with Crippen LogP contribution in [0.5, 0.6) is 0 Å². The second kappa shape index (κ2) is 7.39. The first-order valence-electron chi connectivity index (χ1n) is 6.89. The van der Waals surface area contributed by atoms with Gasteiger partial charge in [0.05, 0.1) is 5.75 Å². The van der Waals surface area contributed by atoms with Gasteiger partial charge in [-0.1, -0.05) is 0 Å². The van der Waals surface area contributed by atoms with Crippen LogP contribution in [0.1, 0.15) is 0 Å². The number of hydrogen-bond donors (Lipinski definition) is 1. The summed E-state index contributed by atoms with van der Waals surface area (Å²) in [6.45, 7) is 0. The normalized spacial score (nSPS) is 10.5. The zero-order chi connectivity index (χ0) is 16.1. The molecule has 0 atom stereocenters. The first kappa shape index (κ1) is 15.7. The van der Waals surface area contributed by atoms with Gasteiger partial charge < -0.3 is 5.32 Å². The van der Waals surface area contributed by atoms with Gasteiger partial charge in [0.1, 0.15) is 10.8 Å². The van der Waals surface area contributed by atoms with Crippen molar-refractivity contribution in [2.75, 3.05) is 11.1 Å². The molecule has 1 amide bonds. The van der Waals surface area contributed by atoms with Crippen molar-refractivity contribution in [1.29, 1.82) is 0 Å². The minimum atomic E-state index is -0.279. The van der Waals surface area contributed by atoms with Crippen LogP contribution in [0.2, 0.25) is 0 Å². The van der Waals surface area contributed by atoms with Crippen molar-refractivity contribution in [3.8, 4) is 10.6 Å².